The number of carbonyl (C=O) groups excluding carboxylic acids is 1. The molecule has 0 saturated carbocycles. The second-order valence-corrected chi connectivity index (χ2v) is 3.82. The number of amides is 1. The number of ether oxygens (including phenoxy) is 1. The third-order valence-corrected chi connectivity index (χ3v) is 2.58. The van der Waals surface area contributed by atoms with Gasteiger partial charge >= 0.3 is 0 Å². The van der Waals surface area contributed by atoms with E-state index in [4.69, 9.17) is 9.84 Å². The number of rotatable bonds is 7. The summed E-state index contributed by atoms with van der Waals surface area (Å²) in [6.45, 7) is 3.17. The fourth-order valence-electron chi connectivity index (χ4n) is 1.71. The molecule has 1 amide bonds. The van der Waals surface area contributed by atoms with Crippen molar-refractivity contribution in [1.82, 2.24) is 9.88 Å². The van der Waals surface area contributed by atoms with Crippen LogP contribution in [0, 0.1) is 0 Å². The molecule has 17 heavy (non-hydrogen) atoms. The second kappa shape index (κ2) is 7.09. The Hall–Kier alpha value is -1.33. The number of hydrogen-bond donors (Lipinski definition) is 2. The van der Waals surface area contributed by atoms with Crippen LogP contribution < -0.4 is 5.32 Å². The third-order valence-electron chi connectivity index (χ3n) is 2.58. The zero-order valence-corrected chi connectivity index (χ0v) is 10.3. The quantitative estimate of drug-likeness (QED) is 0.735. The zero-order valence-electron chi connectivity index (χ0n) is 10.3. The number of aromatic nitrogens is 1. The van der Waals surface area contributed by atoms with Crippen molar-refractivity contribution in [2.24, 2.45) is 0 Å². The highest BCUT2D eigenvalue weighted by Gasteiger charge is 2.15. The maximum absolute atomic E-state index is 12.0. The molecule has 0 aliphatic heterocycles. The lowest BCUT2D eigenvalue weighted by Gasteiger charge is -2.17. The number of nitrogens with one attached hydrogen (secondary N) is 1. The summed E-state index contributed by atoms with van der Waals surface area (Å²) in [4.78, 5) is 12.0. The van der Waals surface area contributed by atoms with Gasteiger partial charge in [-0.1, -0.05) is 0 Å². The van der Waals surface area contributed by atoms with Crippen LogP contribution in [-0.2, 0) is 11.3 Å². The zero-order chi connectivity index (χ0) is 12.7. The topological polar surface area (TPSA) is 63.5 Å². The molecule has 0 saturated heterocycles. The van der Waals surface area contributed by atoms with Gasteiger partial charge in [0, 0.05) is 26.5 Å². The van der Waals surface area contributed by atoms with Crippen LogP contribution in [0.2, 0.25) is 0 Å². The van der Waals surface area contributed by atoms with Gasteiger partial charge in [0.25, 0.3) is 5.91 Å². The molecule has 1 aromatic rings. The Morgan fingerprint density at radius 1 is 1.65 bits per heavy atom. The van der Waals surface area contributed by atoms with Gasteiger partial charge in [0.15, 0.2) is 0 Å². The van der Waals surface area contributed by atoms with Gasteiger partial charge in [-0.3, -0.25) is 4.79 Å². The monoisotopic (exact) mass is 240 g/mol. The molecule has 0 aliphatic carbocycles. The Balaban J connectivity index is 2.63. The normalized spacial score (nSPS) is 12.4. The molecule has 1 unspecified atom stereocenters. The molecule has 2 N–H and O–H groups in total. The number of aliphatic hydroxyl groups excluding tert-OH is 1. The molecule has 0 fully saturated rings. The van der Waals surface area contributed by atoms with Crippen LogP contribution >= 0.6 is 0 Å². The third kappa shape index (κ3) is 3.87. The summed E-state index contributed by atoms with van der Waals surface area (Å²) in [7, 11) is 1.57. The standard InChI is InChI=1S/C12H20N2O3/c1-3-14-7-4-5-11(14)12(16)13-10(6-8-15)9-17-2/h4-5,7,10,15H,3,6,8-9H2,1-2H3,(H,13,16). The maximum Gasteiger partial charge on any atom is 0.268 e. The predicted molar refractivity (Wildman–Crippen MR) is 64.9 cm³/mol. The molecule has 5 nitrogen and oxygen atoms in total. The number of nitrogens with zero attached hydrogens (tertiary/aromatic N) is 1. The van der Waals surface area contributed by atoms with Crippen molar-refractivity contribution in [3.8, 4) is 0 Å². The van der Waals surface area contributed by atoms with Crippen molar-refractivity contribution in [2.45, 2.75) is 25.9 Å². The van der Waals surface area contributed by atoms with Crippen molar-refractivity contribution in [3.05, 3.63) is 24.0 Å². The summed E-state index contributed by atoms with van der Waals surface area (Å²) in [6.07, 6.45) is 2.36. The highest BCUT2D eigenvalue weighted by Crippen LogP contribution is 2.03. The van der Waals surface area contributed by atoms with Gasteiger partial charge in [-0.25, -0.2) is 0 Å². The van der Waals surface area contributed by atoms with E-state index in [2.05, 4.69) is 5.32 Å². The molecular weight excluding hydrogens is 220 g/mol. The Labute approximate surface area is 101 Å². The molecule has 0 aromatic carbocycles. The van der Waals surface area contributed by atoms with Crippen LogP contribution in [0.15, 0.2) is 18.3 Å². The molecule has 1 heterocycles. The summed E-state index contributed by atoms with van der Waals surface area (Å²) in [5, 5.41) is 11.7. The number of hydrogen-bond acceptors (Lipinski definition) is 3. The molecule has 1 rings (SSSR count). The van der Waals surface area contributed by atoms with Crippen LogP contribution in [0.3, 0.4) is 0 Å². The molecule has 0 bridgehead atoms. The molecule has 96 valence electrons. The van der Waals surface area contributed by atoms with E-state index in [1.807, 2.05) is 23.8 Å². The van der Waals surface area contributed by atoms with Gasteiger partial charge in [-0.15, -0.1) is 0 Å². The minimum Gasteiger partial charge on any atom is -0.396 e. The lowest BCUT2D eigenvalue weighted by molar-refractivity contribution is 0.0870. The smallest absolute Gasteiger partial charge is 0.268 e. The highest BCUT2D eigenvalue weighted by molar-refractivity contribution is 5.92. The molecule has 0 radical (unpaired) electrons. The predicted octanol–water partition coefficient (Wildman–Crippen LogP) is 0.635. The largest absolute Gasteiger partial charge is 0.396 e. The van der Waals surface area contributed by atoms with Gasteiger partial charge in [-0.05, 0) is 25.5 Å². The van der Waals surface area contributed by atoms with Crippen molar-refractivity contribution in [1.29, 1.82) is 0 Å². The number of methoxy groups -OCH3 is 1. The summed E-state index contributed by atoms with van der Waals surface area (Å²) >= 11 is 0. The van der Waals surface area contributed by atoms with Crippen LogP contribution in [0.1, 0.15) is 23.8 Å². The number of aliphatic hydroxyl groups is 1. The van der Waals surface area contributed by atoms with Crippen molar-refractivity contribution in [3.63, 3.8) is 0 Å². The summed E-state index contributed by atoms with van der Waals surface area (Å²) < 4.78 is 6.87. The first kappa shape index (κ1) is 13.7. The van der Waals surface area contributed by atoms with Crippen LogP contribution in [0.5, 0.6) is 0 Å². The molecule has 5 heteroatoms. The first-order chi connectivity index (χ1) is 8.22. The Morgan fingerprint density at radius 3 is 3.00 bits per heavy atom. The second-order valence-electron chi connectivity index (χ2n) is 3.82. The van der Waals surface area contributed by atoms with E-state index in [-0.39, 0.29) is 18.6 Å². The van der Waals surface area contributed by atoms with E-state index < -0.39 is 0 Å². The lowest BCUT2D eigenvalue weighted by atomic mass is 10.2. The average Bonchev–Trinajstić information content (AvgIpc) is 2.77. The fourth-order valence-corrected chi connectivity index (χ4v) is 1.71. The van der Waals surface area contributed by atoms with E-state index in [0.717, 1.165) is 6.54 Å². The summed E-state index contributed by atoms with van der Waals surface area (Å²) in [6, 6.07) is 3.47. The maximum atomic E-state index is 12.0. The summed E-state index contributed by atoms with van der Waals surface area (Å²) in [5.74, 6) is -0.132. The molecule has 0 spiro atoms. The molecule has 0 aliphatic rings. The van der Waals surface area contributed by atoms with Crippen molar-refractivity contribution >= 4 is 5.91 Å². The van der Waals surface area contributed by atoms with E-state index in [1.54, 1.807) is 13.2 Å². The number of carbonyl (C=O) groups is 1. The minimum absolute atomic E-state index is 0.0308. The SMILES string of the molecule is CCn1cccc1C(=O)NC(CCO)COC. The van der Waals surface area contributed by atoms with Gasteiger partial charge in [0.2, 0.25) is 0 Å². The first-order valence-corrected chi connectivity index (χ1v) is 5.78. The molecule has 1 aromatic heterocycles. The lowest BCUT2D eigenvalue weighted by Crippen LogP contribution is -2.39. The van der Waals surface area contributed by atoms with Gasteiger partial charge in [0.05, 0.1) is 12.6 Å². The average molecular weight is 240 g/mol. The summed E-state index contributed by atoms with van der Waals surface area (Å²) in [5.41, 5.74) is 0.631. The van der Waals surface area contributed by atoms with Crippen molar-refractivity contribution < 1.29 is 14.6 Å². The molecule has 1 atom stereocenters. The van der Waals surface area contributed by atoms with Crippen molar-refractivity contribution in [2.75, 3.05) is 20.3 Å². The minimum atomic E-state index is -0.155. The van der Waals surface area contributed by atoms with E-state index in [0.29, 0.717) is 18.7 Å². The van der Waals surface area contributed by atoms with Gasteiger partial charge in [-0.2, -0.15) is 0 Å². The van der Waals surface area contributed by atoms with Gasteiger partial charge < -0.3 is 19.7 Å². The van der Waals surface area contributed by atoms with E-state index >= 15 is 0 Å². The van der Waals surface area contributed by atoms with E-state index in [9.17, 15) is 4.79 Å². The van der Waals surface area contributed by atoms with Crippen LogP contribution in [0.4, 0.5) is 0 Å². The molecular formula is C12H20N2O3. The van der Waals surface area contributed by atoms with E-state index in [1.165, 1.54) is 0 Å². The highest BCUT2D eigenvalue weighted by atomic mass is 16.5. The Kier molecular flexibility index (Phi) is 5.72. The van der Waals surface area contributed by atoms with Gasteiger partial charge in [0.1, 0.15) is 5.69 Å². The van der Waals surface area contributed by atoms with Crippen LogP contribution in [-0.4, -0.2) is 41.9 Å². The Morgan fingerprint density at radius 2 is 2.41 bits per heavy atom. The van der Waals surface area contributed by atoms with Crippen LogP contribution in [0.25, 0.3) is 0 Å². The Bertz CT molecular complexity index is 343. The fraction of sp³-hybridized carbons (Fsp3) is 0.583. The first-order valence-electron chi connectivity index (χ1n) is 5.78. The number of aryl methyl sites for hydroxylation is 1.